The first-order chi connectivity index (χ1) is 11.6. The van der Waals surface area contributed by atoms with Gasteiger partial charge in [-0.15, -0.1) is 0 Å². The molecule has 25 heavy (non-hydrogen) atoms. The van der Waals surface area contributed by atoms with E-state index in [4.69, 9.17) is 20.1 Å². The summed E-state index contributed by atoms with van der Waals surface area (Å²) in [6.45, 7) is 11.0. The highest BCUT2D eigenvalue weighted by Gasteiger charge is 2.38. The largest absolute Gasteiger partial charge is 0.543 e. The molecule has 0 aromatic heterocycles. The van der Waals surface area contributed by atoms with Crippen molar-refractivity contribution in [3.05, 3.63) is 59.7 Å². The lowest BCUT2D eigenvalue weighted by atomic mass is 10.2. The molecule has 0 aliphatic rings. The van der Waals surface area contributed by atoms with Gasteiger partial charge >= 0.3 is 0 Å². The topological polar surface area (TPSA) is 77.0 Å². The molecule has 0 aliphatic heterocycles. The summed E-state index contributed by atoms with van der Waals surface area (Å²) in [7, 11) is -1.79. The van der Waals surface area contributed by atoms with Gasteiger partial charge in [0.1, 0.15) is 11.5 Å². The Morgan fingerprint density at radius 3 is 1.88 bits per heavy atom. The van der Waals surface area contributed by atoms with Crippen LogP contribution in [-0.2, 0) is 0 Å². The van der Waals surface area contributed by atoms with Crippen molar-refractivity contribution in [3.8, 4) is 23.6 Å². The van der Waals surface area contributed by atoms with Crippen LogP contribution in [0.4, 0.5) is 0 Å². The molecule has 5 heteroatoms. The maximum absolute atomic E-state index is 8.83. The number of benzene rings is 2. The van der Waals surface area contributed by atoms with Crippen molar-refractivity contribution < 1.29 is 9.53 Å². The molecule has 2 rings (SSSR count). The second-order valence-corrected chi connectivity index (χ2v) is 11.9. The smallest absolute Gasteiger partial charge is 0.250 e. The molecule has 0 bridgehead atoms. The molecule has 0 unspecified atom stereocenters. The zero-order valence-electron chi connectivity index (χ0n) is 15.4. The molecule has 0 spiro atoms. The zero-order chi connectivity index (χ0) is 19.1. The van der Waals surface area contributed by atoms with Gasteiger partial charge in [-0.3, -0.25) is 0 Å². The van der Waals surface area contributed by atoms with E-state index in [1.807, 2.05) is 18.2 Å². The van der Waals surface area contributed by atoms with E-state index in [1.165, 1.54) is 12.1 Å². The molecule has 1 N–H and O–H groups in total. The van der Waals surface area contributed by atoms with E-state index < -0.39 is 8.32 Å². The van der Waals surface area contributed by atoms with E-state index >= 15 is 0 Å². The number of hydrogen-bond donors (Lipinski definition) is 1. The maximum Gasteiger partial charge on any atom is 0.250 e. The minimum Gasteiger partial charge on any atom is -0.543 e. The predicted molar refractivity (Wildman–Crippen MR) is 102 cm³/mol. The Hall–Kier alpha value is -2.76. The minimum absolute atomic E-state index is 0.133. The normalized spacial score (nSPS) is 10.7. The number of nitrogens with zero attached hydrogens (tertiary/aromatic N) is 2. The van der Waals surface area contributed by atoms with Crippen molar-refractivity contribution in [2.45, 2.75) is 38.9 Å². The van der Waals surface area contributed by atoms with Crippen LogP contribution < -0.4 is 4.43 Å². The first-order valence-electron chi connectivity index (χ1n) is 7.97. The quantitative estimate of drug-likeness (QED) is 0.753. The number of nitriles is 2. The maximum atomic E-state index is 8.83. The van der Waals surface area contributed by atoms with Crippen LogP contribution >= 0.6 is 0 Å². The molecule has 0 radical (unpaired) electrons. The summed E-state index contributed by atoms with van der Waals surface area (Å²) < 4.78 is 6.10. The van der Waals surface area contributed by atoms with Crippen molar-refractivity contribution in [1.29, 1.82) is 10.5 Å². The highest BCUT2D eigenvalue weighted by molar-refractivity contribution is 6.74. The van der Waals surface area contributed by atoms with Crippen molar-refractivity contribution in [3.63, 3.8) is 0 Å². The average molecular weight is 353 g/mol. The molecule has 0 saturated heterocycles. The van der Waals surface area contributed by atoms with Gasteiger partial charge in [0.2, 0.25) is 8.32 Å². The van der Waals surface area contributed by atoms with Crippen LogP contribution in [0, 0.1) is 22.7 Å². The highest BCUT2D eigenvalue weighted by Crippen LogP contribution is 2.37. The first-order valence-corrected chi connectivity index (χ1v) is 10.9. The van der Waals surface area contributed by atoms with Crippen LogP contribution in [0.2, 0.25) is 18.1 Å². The van der Waals surface area contributed by atoms with E-state index in [0.29, 0.717) is 11.1 Å². The highest BCUT2D eigenvalue weighted by atomic mass is 28.4. The number of rotatable bonds is 2. The fraction of sp³-hybridized carbons (Fsp3) is 0.300. The summed E-state index contributed by atoms with van der Waals surface area (Å²) in [4.78, 5) is 0. The van der Waals surface area contributed by atoms with Gasteiger partial charge in [-0.25, -0.2) is 0 Å². The van der Waals surface area contributed by atoms with Crippen molar-refractivity contribution in [2.75, 3.05) is 0 Å². The van der Waals surface area contributed by atoms with Gasteiger partial charge in [-0.2, -0.15) is 10.5 Å². The third-order valence-corrected chi connectivity index (χ3v) is 8.48. The van der Waals surface area contributed by atoms with Crippen LogP contribution in [0.5, 0.6) is 11.5 Å². The van der Waals surface area contributed by atoms with E-state index in [-0.39, 0.29) is 10.8 Å². The van der Waals surface area contributed by atoms with Crippen LogP contribution in [0.1, 0.15) is 31.9 Å². The molecule has 4 nitrogen and oxygen atoms in total. The first kappa shape index (κ1) is 20.3. The standard InChI is InChI=1S/C13H19NOSi.C7H5NO/c1-13(2,3)16(4,5)15-12-8-6-7-11(9-12)10-14;8-5-6-2-1-3-7(9)4-6/h6-9H,1-5H3;1-4,9H. The number of hydrogen-bond acceptors (Lipinski definition) is 4. The van der Waals surface area contributed by atoms with Crippen molar-refractivity contribution in [1.82, 2.24) is 0 Å². The zero-order valence-corrected chi connectivity index (χ0v) is 16.4. The van der Waals surface area contributed by atoms with E-state index in [0.717, 1.165) is 5.75 Å². The Bertz CT molecular complexity index is 796. The Labute approximate surface area is 151 Å². The fourth-order valence-corrected chi connectivity index (χ4v) is 2.67. The minimum atomic E-state index is -1.79. The number of phenols is 1. The second-order valence-electron chi connectivity index (χ2n) is 7.16. The summed E-state index contributed by atoms with van der Waals surface area (Å²) in [6, 6.07) is 17.6. The van der Waals surface area contributed by atoms with Gasteiger partial charge in [0.15, 0.2) is 0 Å². The molecule has 0 aliphatic carbocycles. The monoisotopic (exact) mass is 352 g/mol. The number of phenolic OH excluding ortho intramolecular Hbond substituents is 1. The molecule has 0 saturated carbocycles. The van der Waals surface area contributed by atoms with Gasteiger partial charge in [0.05, 0.1) is 23.3 Å². The van der Waals surface area contributed by atoms with Gasteiger partial charge in [-0.05, 0) is 54.5 Å². The van der Waals surface area contributed by atoms with E-state index in [9.17, 15) is 0 Å². The molecule has 0 fully saturated rings. The third-order valence-electron chi connectivity index (χ3n) is 4.12. The third kappa shape index (κ3) is 6.33. The van der Waals surface area contributed by atoms with Gasteiger partial charge < -0.3 is 9.53 Å². The van der Waals surface area contributed by atoms with Crippen molar-refractivity contribution in [2.24, 2.45) is 0 Å². The van der Waals surface area contributed by atoms with Gasteiger partial charge in [0, 0.05) is 0 Å². The molecular formula is C20H24N2O2Si. The lowest BCUT2D eigenvalue weighted by Gasteiger charge is -2.36. The lowest BCUT2D eigenvalue weighted by Crippen LogP contribution is -2.43. The Morgan fingerprint density at radius 1 is 0.920 bits per heavy atom. The van der Waals surface area contributed by atoms with Crippen LogP contribution in [0.25, 0.3) is 0 Å². The molecule has 0 heterocycles. The Kier molecular flexibility index (Phi) is 6.79. The Balaban J connectivity index is 0.000000293. The molecule has 130 valence electrons. The Morgan fingerprint density at radius 2 is 1.44 bits per heavy atom. The van der Waals surface area contributed by atoms with Crippen LogP contribution in [-0.4, -0.2) is 13.4 Å². The van der Waals surface area contributed by atoms with Crippen LogP contribution in [0.3, 0.4) is 0 Å². The van der Waals surface area contributed by atoms with Gasteiger partial charge in [-0.1, -0.05) is 32.9 Å². The van der Waals surface area contributed by atoms with E-state index in [2.05, 4.69) is 39.9 Å². The summed E-state index contributed by atoms with van der Waals surface area (Å²) in [5.74, 6) is 0.944. The summed E-state index contributed by atoms with van der Waals surface area (Å²) in [5, 5.41) is 26.1. The molecular weight excluding hydrogens is 328 g/mol. The predicted octanol–water partition coefficient (Wildman–Crippen LogP) is 5.21. The van der Waals surface area contributed by atoms with Crippen LogP contribution in [0.15, 0.2) is 48.5 Å². The molecule has 2 aromatic rings. The summed E-state index contributed by atoms with van der Waals surface area (Å²) in [5.41, 5.74) is 1.13. The van der Waals surface area contributed by atoms with Crippen molar-refractivity contribution >= 4 is 8.32 Å². The number of aromatic hydroxyl groups is 1. The fourth-order valence-electron chi connectivity index (χ4n) is 1.65. The summed E-state index contributed by atoms with van der Waals surface area (Å²) in [6.07, 6.45) is 0. The second kappa shape index (κ2) is 8.37. The van der Waals surface area contributed by atoms with Gasteiger partial charge in [0.25, 0.3) is 0 Å². The average Bonchev–Trinajstić information content (AvgIpc) is 2.54. The molecule has 0 atom stereocenters. The molecule has 2 aromatic carbocycles. The lowest BCUT2D eigenvalue weighted by molar-refractivity contribution is 0.475. The molecule has 0 amide bonds. The SMILES string of the molecule is CC(C)(C)[Si](C)(C)Oc1cccc(C#N)c1.N#Cc1cccc(O)c1. The summed E-state index contributed by atoms with van der Waals surface area (Å²) >= 11 is 0. The van der Waals surface area contributed by atoms with E-state index in [1.54, 1.807) is 24.3 Å².